The van der Waals surface area contributed by atoms with Gasteiger partial charge in [-0.2, -0.15) is 0 Å². The van der Waals surface area contributed by atoms with Crippen molar-refractivity contribution >= 4 is 29.2 Å². The highest BCUT2D eigenvalue weighted by molar-refractivity contribution is 6.30. The first-order chi connectivity index (χ1) is 11.9. The molecule has 0 aliphatic carbocycles. The molecule has 0 unspecified atom stereocenters. The monoisotopic (exact) mass is 359 g/mol. The molecule has 0 spiro atoms. The van der Waals surface area contributed by atoms with Gasteiger partial charge >= 0.3 is 6.03 Å². The van der Waals surface area contributed by atoms with E-state index in [0.29, 0.717) is 22.8 Å². The minimum Gasteiger partial charge on any atom is -0.337 e. The normalized spacial score (nSPS) is 10.4. The first-order valence-corrected chi connectivity index (χ1v) is 8.41. The molecule has 0 aliphatic rings. The van der Waals surface area contributed by atoms with Crippen molar-refractivity contribution in [1.29, 1.82) is 0 Å². The quantitative estimate of drug-likeness (QED) is 0.842. The molecule has 0 radical (unpaired) electrons. The fourth-order valence-corrected chi connectivity index (χ4v) is 2.60. The number of urea groups is 1. The van der Waals surface area contributed by atoms with Gasteiger partial charge in [0.15, 0.2) is 0 Å². The lowest BCUT2D eigenvalue weighted by Crippen LogP contribution is -2.35. The topological polar surface area (TPSA) is 61.4 Å². The van der Waals surface area contributed by atoms with Crippen LogP contribution in [0, 0.1) is 0 Å². The molecule has 132 valence electrons. The van der Waals surface area contributed by atoms with Crippen LogP contribution in [0.4, 0.5) is 10.5 Å². The number of benzene rings is 2. The minimum atomic E-state index is -0.340. The van der Waals surface area contributed by atoms with E-state index >= 15 is 0 Å². The van der Waals surface area contributed by atoms with E-state index in [4.69, 9.17) is 11.6 Å². The lowest BCUT2D eigenvalue weighted by molar-refractivity contribution is 0.0786. The van der Waals surface area contributed by atoms with Gasteiger partial charge in [0.2, 0.25) is 0 Å². The molecule has 5 nitrogen and oxygen atoms in total. The van der Waals surface area contributed by atoms with Gasteiger partial charge in [-0.1, -0.05) is 35.9 Å². The van der Waals surface area contributed by atoms with Crippen molar-refractivity contribution in [2.24, 2.45) is 0 Å². The molecule has 2 aromatic carbocycles. The van der Waals surface area contributed by atoms with Crippen molar-refractivity contribution in [3.63, 3.8) is 0 Å². The maximum Gasteiger partial charge on any atom is 0.319 e. The second-order valence-corrected chi connectivity index (χ2v) is 6.53. The van der Waals surface area contributed by atoms with Gasteiger partial charge in [-0.3, -0.25) is 4.79 Å². The van der Waals surface area contributed by atoms with E-state index in [2.05, 4.69) is 10.6 Å². The summed E-state index contributed by atoms with van der Waals surface area (Å²) in [6.45, 7) is 4.16. The standard InChI is InChI=1S/C19H22ClN3O2/c1-13(2)21-19(25)22-17-10-5-4-9-16(17)18(24)23(3)12-14-7-6-8-15(20)11-14/h4-11,13H,12H2,1-3H3,(H2,21,22,25). The SMILES string of the molecule is CC(C)NC(=O)Nc1ccccc1C(=O)N(C)Cc1cccc(Cl)c1. The Kier molecular flexibility index (Phi) is 6.42. The van der Waals surface area contributed by atoms with Crippen LogP contribution < -0.4 is 10.6 Å². The van der Waals surface area contributed by atoms with Gasteiger partial charge < -0.3 is 15.5 Å². The zero-order chi connectivity index (χ0) is 18.4. The number of carbonyl (C=O) groups is 2. The van der Waals surface area contributed by atoms with E-state index < -0.39 is 0 Å². The summed E-state index contributed by atoms with van der Waals surface area (Å²) < 4.78 is 0. The van der Waals surface area contributed by atoms with E-state index in [1.165, 1.54) is 0 Å². The molecular formula is C19H22ClN3O2. The fraction of sp³-hybridized carbons (Fsp3) is 0.263. The van der Waals surface area contributed by atoms with Crippen LogP contribution in [0.3, 0.4) is 0 Å². The highest BCUT2D eigenvalue weighted by Gasteiger charge is 2.17. The largest absolute Gasteiger partial charge is 0.337 e. The van der Waals surface area contributed by atoms with Gasteiger partial charge in [-0.25, -0.2) is 4.79 Å². The van der Waals surface area contributed by atoms with Crippen molar-refractivity contribution in [2.45, 2.75) is 26.4 Å². The average Bonchev–Trinajstić information content (AvgIpc) is 2.54. The van der Waals surface area contributed by atoms with Crippen LogP contribution in [0.15, 0.2) is 48.5 Å². The van der Waals surface area contributed by atoms with Crippen molar-refractivity contribution in [2.75, 3.05) is 12.4 Å². The molecule has 0 saturated carbocycles. The highest BCUT2D eigenvalue weighted by Crippen LogP contribution is 2.19. The van der Waals surface area contributed by atoms with Crippen molar-refractivity contribution < 1.29 is 9.59 Å². The predicted octanol–water partition coefficient (Wildman–Crippen LogP) is 4.14. The molecule has 6 heteroatoms. The van der Waals surface area contributed by atoms with E-state index in [9.17, 15) is 9.59 Å². The first-order valence-electron chi connectivity index (χ1n) is 8.03. The summed E-state index contributed by atoms with van der Waals surface area (Å²) in [7, 11) is 1.72. The van der Waals surface area contributed by atoms with Gasteiger partial charge in [0.05, 0.1) is 11.3 Å². The Bertz CT molecular complexity index is 762. The third-order valence-electron chi connectivity index (χ3n) is 3.48. The molecule has 0 bridgehead atoms. The molecule has 0 aliphatic heterocycles. The van der Waals surface area contributed by atoms with Crippen LogP contribution in [0.25, 0.3) is 0 Å². The zero-order valence-corrected chi connectivity index (χ0v) is 15.3. The fourth-order valence-electron chi connectivity index (χ4n) is 2.39. The van der Waals surface area contributed by atoms with E-state index in [-0.39, 0.29) is 18.0 Å². The number of nitrogens with zero attached hydrogens (tertiary/aromatic N) is 1. The molecule has 0 aromatic heterocycles. The Labute approximate surface area is 153 Å². The van der Waals surface area contributed by atoms with E-state index in [0.717, 1.165) is 5.56 Å². The summed E-state index contributed by atoms with van der Waals surface area (Å²) in [6, 6.07) is 14.0. The minimum absolute atomic E-state index is 0.00775. The van der Waals surface area contributed by atoms with Crippen LogP contribution in [0.5, 0.6) is 0 Å². The molecule has 25 heavy (non-hydrogen) atoms. The number of hydrogen-bond acceptors (Lipinski definition) is 2. The number of carbonyl (C=O) groups excluding carboxylic acids is 2. The van der Waals surface area contributed by atoms with Gasteiger partial charge in [0.25, 0.3) is 5.91 Å². The number of rotatable bonds is 5. The van der Waals surface area contributed by atoms with Crippen LogP contribution in [0.2, 0.25) is 5.02 Å². The maximum atomic E-state index is 12.8. The Morgan fingerprint density at radius 1 is 1.12 bits per heavy atom. The Hall–Kier alpha value is -2.53. The Balaban J connectivity index is 2.14. The zero-order valence-electron chi connectivity index (χ0n) is 14.5. The summed E-state index contributed by atoms with van der Waals surface area (Å²) >= 11 is 5.99. The molecule has 0 saturated heterocycles. The molecule has 3 amide bonds. The third-order valence-corrected chi connectivity index (χ3v) is 3.72. The van der Waals surface area contributed by atoms with Gasteiger partial charge in [-0.15, -0.1) is 0 Å². The predicted molar refractivity (Wildman–Crippen MR) is 101 cm³/mol. The molecule has 0 atom stereocenters. The maximum absolute atomic E-state index is 12.8. The van der Waals surface area contributed by atoms with Gasteiger partial charge in [0.1, 0.15) is 0 Å². The highest BCUT2D eigenvalue weighted by atomic mass is 35.5. The van der Waals surface area contributed by atoms with Crippen LogP contribution >= 0.6 is 11.6 Å². The summed E-state index contributed by atoms with van der Waals surface area (Å²) in [5.41, 5.74) is 1.85. The number of nitrogens with one attached hydrogen (secondary N) is 2. The number of halogens is 1. The molecule has 2 N–H and O–H groups in total. The van der Waals surface area contributed by atoms with Gasteiger partial charge in [-0.05, 0) is 43.7 Å². The number of anilines is 1. The van der Waals surface area contributed by atoms with Crippen LogP contribution in [0.1, 0.15) is 29.8 Å². The Morgan fingerprint density at radius 2 is 1.84 bits per heavy atom. The second-order valence-electron chi connectivity index (χ2n) is 6.09. The van der Waals surface area contributed by atoms with Crippen LogP contribution in [-0.4, -0.2) is 29.9 Å². The van der Waals surface area contributed by atoms with E-state index in [1.807, 2.05) is 32.0 Å². The number of para-hydroxylation sites is 1. The van der Waals surface area contributed by atoms with Crippen molar-refractivity contribution in [3.05, 3.63) is 64.7 Å². The second kappa shape index (κ2) is 8.53. The van der Waals surface area contributed by atoms with Crippen LogP contribution in [-0.2, 0) is 6.54 Å². The summed E-state index contributed by atoms with van der Waals surface area (Å²) in [6.07, 6.45) is 0. The summed E-state index contributed by atoms with van der Waals surface area (Å²) in [4.78, 5) is 26.3. The summed E-state index contributed by atoms with van der Waals surface area (Å²) in [5, 5.41) is 6.11. The lowest BCUT2D eigenvalue weighted by atomic mass is 10.1. The van der Waals surface area contributed by atoms with Crippen molar-refractivity contribution in [3.8, 4) is 0 Å². The summed E-state index contributed by atoms with van der Waals surface area (Å²) in [5.74, 6) is -0.180. The lowest BCUT2D eigenvalue weighted by Gasteiger charge is -2.20. The van der Waals surface area contributed by atoms with E-state index in [1.54, 1.807) is 42.3 Å². The number of amides is 3. The smallest absolute Gasteiger partial charge is 0.319 e. The number of hydrogen-bond donors (Lipinski definition) is 2. The van der Waals surface area contributed by atoms with Crippen molar-refractivity contribution in [1.82, 2.24) is 10.2 Å². The first kappa shape index (κ1) is 18.8. The van der Waals surface area contributed by atoms with Gasteiger partial charge in [0, 0.05) is 24.7 Å². The molecule has 0 heterocycles. The third kappa shape index (κ3) is 5.50. The Morgan fingerprint density at radius 3 is 2.52 bits per heavy atom. The molecule has 2 rings (SSSR count). The molecule has 0 fully saturated rings. The molecular weight excluding hydrogens is 338 g/mol. The molecule has 2 aromatic rings. The average molecular weight is 360 g/mol.